The fourth-order valence-corrected chi connectivity index (χ4v) is 2.37. The fraction of sp³-hybridized carbons (Fsp3) is 0.615. The Kier molecular flexibility index (Phi) is 3.79. The minimum absolute atomic E-state index is 0.0619. The summed E-state index contributed by atoms with van der Waals surface area (Å²) in [5, 5.41) is 0. The lowest BCUT2D eigenvalue weighted by molar-refractivity contribution is -0.145. The van der Waals surface area contributed by atoms with Crippen molar-refractivity contribution >= 4 is 11.9 Å². The second-order valence-corrected chi connectivity index (χ2v) is 4.76. The van der Waals surface area contributed by atoms with Crippen molar-refractivity contribution in [3.05, 3.63) is 17.5 Å². The van der Waals surface area contributed by atoms with Gasteiger partial charge in [0.1, 0.15) is 0 Å². The number of esters is 1. The summed E-state index contributed by atoms with van der Waals surface area (Å²) in [6.07, 6.45) is 1.85. The molecule has 1 aromatic rings. The standard InChI is InChI=1S/C13H19N3O2/c1-9-7-10(2)15-13(14-9)16-6-4-5-11(8-16)12(17)18-3/h7,11H,4-6,8H2,1-3H3. The first kappa shape index (κ1) is 12.8. The predicted octanol–water partition coefficient (Wildman–Crippen LogP) is 1.48. The Morgan fingerprint density at radius 2 is 2.06 bits per heavy atom. The van der Waals surface area contributed by atoms with Gasteiger partial charge in [0.15, 0.2) is 0 Å². The average Bonchev–Trinajstić information content (AvgIpc) is 2.37. The van der Waals surface area contributed by atoms with Crippen LogP contribution >= 0.6 is 0 Å². The van der Waals surface area contributed by atoms with Gasteiger partial charge in [0.2, 0.25) is 5.95 Å². The van der Waals surface area contributed by atoms with Gasteiger partial charge in [-0.1, -0.05) is 0 Å². The van der Waals surface area contributed by atoms with E-state index < -0.39 is 0 Å². The second kappa shape index (κ2) is 5.33. The SMILES string of the molecule is COC(=O)C1CCCN(c2nc(C)cc(C)n2)C1. The van der Waals surface area contributed by atoms with Gasteiger partial charge in [0.05, 0.1) is 13.0 Å². The zero-order chi connectivity index (χ0) is 13.1. The molecule has 0 amide bonds. The summed E-state index contributed by atoms with van der Waals surface area (Å²) >= 11 is 0. The first-order valence-corrected chi connectivity index (χ1v) is 6.25. The van der Waals surface area contributed by atoms with Crippen LogP contribution in [0.4, 0.5) is 5.95 Å². The molecule has 1 aliphatic rings. The van der Waals surface area contributed by atoms with Crippen LogP contribution in [0.1, 0.15) is 24.2 Å². The molecule has 0 bridgehead atoms. The Labute approximate surface area is 107 Å². The fourth-order valence-electron chi connectivity index (χ4n) is 2.37. The molecule has 1 atom stereocenters. The zero-order valence-electron chi connectivity index (χ0n) is 11.1. The highest BCUT2D eigenvalue weighted by molar-refractivity contribution is 5.73. The lowest BCUT2D eigenvalue weighted by Gasteiger charge is -2.31. The number of aryl methyl sites for hydroxylation is 2. The van der Waals surface area contributed by atoms with Crippen molar-refractivity contribution in [2.45, 2.75) is 26.7 Å². The Morgan fingerprint density at radius 1 is 1.39 bits per heavy atom. The van der Waals surface area contributed by atoms with Crippen LogP contribution in [-0.4, -0.2) is 36.1 Å². The lowest BCUT2D eigenvalue weighted by atomic mass is 9.98. The van der Waals surface area contributed by atoms with Crippen molar-refractivity contribution in [3.8, 4) is 0 Å². The topological polar surface area (TPSA) is 55.3 Å². The average molecular weight is 249 g/mol. The molecule has 2 rings (SSSR count). The number of rotatable bonds is 2. The van der Waals surface area contributed by atoms with Crippen LogP contribution in [0.25, 0.3) is 0 Å². The maximum Gasteiger partial charge on any atom is 0.310 e. The normalized spacial score (nSPS) is 19.7. The third-order valence-electron chi connectivity index (χ3n) is 3.21. The first-order chi connectivity index (χ1) is 8.60. The molecular weight excluding hydrogens is 230 g/mol. The smallest absolute Gasteiger partial charge is 0.310 e. The molecule has 5 nitrogen and oxygen atoms in total. The van der Waals surface area contributed by atoms with E-state index in [2.05, 4.69) is 14.9 Å². The number of carbonyl (C=O) groups is 1. The van der Waals surface area contributed by atoms with E-state index >= 15 is 0 Å². The van der Waals surface area contributed by atoms with Crippen LogP contribution in [0.2, 0.25) is 0 Å². The van der Waals surface area contributed by atoms with E-state index in [1.165, 1.54) is 7.11 Å². The predicted molar refractivity (Wildman–Crippen MR) is 68.5 cm³/mol. The van der Waals surface area contributed by atoms with Crippen molar-refractivity contribution in [1.29, 1.82) is 0 Å². The minimum atomic E-state index is -0.135. The molecule has 5 heteroatoms. The Bertz CT molecular complexity index is 428. The van der Waals surface area contributed by atoms with E-state index in [-0.39, 0.29) is 11.9 Å². The highest BCUT2D eigenvalue weighted by Gasteiger charge is 2.27. The number of methoxy groups -OCH3 is 1. The summed E-state index contributed by atoms with van der Waals surface area (Å²) in [5.74, 6) is 0.526. The Morgan fingerprint density at radius 3 is 2.67 bits per heavy atom. The monoisotopic (exact) mass is 249 g/mol. The van der Waals surface area contributed by atoms with E-state index in [1.807, 2.05) is 19.9 Å². The summed E-state index contributed by atoms with van der Waals surface area (Å²) in [5.41, 5.74) is 1.91. The van der Waals surface area contributed by atoms with Crippen molar-refractivity contribution in [2.24, 2.45) is 5.92 Å². The van der Waals surface area contributed by atoms with Crippen molar-refractivity contribution < 1.29 is 9.53 Å². The Hall–Kier alpha value is -1.65. The van der Waals surface area contributed by atoms with Gasteiger partial charge in [-0.05, 0) is 32.8 Å². The number of anilines is 1. The number of ether oxygens (including phenoxy) is 1. The third-order valence-corrected chi connectivity index (χ3v) is 3.21. The highest BCUT2D eigenvalue weighted by Crippen LogP contribution is 2.21. The molecule has 1 aliphatic heterocycles. The van der Waals surface area contributed by atoms with Gasteiger partial charge in [-0.25, -0.2) is 9.97 Å². The summed E-state index contributed by atoms with van der Waals surface area (Å²) in [4.78, 5) is 22.5. The van der Waals surface area contributed by atoms with Crippen LogP contribution < -0.4 is 4.90 Å². The van der Waals surface area contributed by atoms with Crippen LogP contribution in [0.15, 0.2) is 6.07 Å². The van der Waals surface area contributed by atoms with Gasteiger partial charge in [-0.2, -0.15) is 0 Å². The summed E-state index contributed by atoms with van der Waals surface area (Å²) in [7, 11) is 1.44. The lowest BCUT2D eigenvalue weighted by Crippen LogP contribution is -2.40. The van der Waals surface area contributed by atoms with Crippen molar-refractivity contribution in [3.63, 3.8) is 0 Å². The number of hydrogen-bond acceptors (Lipinski definition) is 5. The first-order valence-electron chi connectivity index (χ1n) is 6.25. The molecule has 18 heavy (non-hydrogen) atoms. The highest BCUT2D eigenvalue weighted by atomic mass is 16.5. The number of piperidine rings is 1. The van der Waals surface area contributed by atoms with E-state index in [9.17, 15) is 4.79 Å². The van der Waals surface area contributed by atoms with Gasteiger partial charge in [0, 0.05) is 24.5 Å². The van der Waals surface area contributed by atoms with Gasteiger partial charge in [0.25, 0.3) is 0 Å². The number of hydrogen-bond donors (Lipinski definition) is 0. The molecule has 1 fully saturated rings. The summed E-state index contributed by atoms with van der Waals surface area (Å²) < 4.78 is 4.81. The van der Waals surface area contributed by atoms with Gasteiger partial charge in [-0.3, -0.25) is 4.79 Å². The molecule has 1 aromatic heterocycles. The second-order valence-electron chi connectivity index (χ2n) is 4.76. The van der Waals surface area contributed by atoms with Gasteiger partial charge in [-0.15, -0.1) is 0 Å². The van der Waals surface area contributed by atoms with Crippen LogP contribution in [0.5, 0.6) is 0 Å². The molecule has 0 aromatic carbocycles. The van der Waals surface area contributed by atoms with Crippen molar-refractivity contribution in [1.82, 2.24) is 9.97 Å². The largest absolute Gasteiger partial charge is 0.469 e. The third kappa shape index (κ3) is 2.78. The molecule has 0 radical (unpaired) electrons. The van der Waals surface area contributed by atoms with E-state index in [4.69, 9.17) is 4.74 Å². The maximum atomic E-state index is 11.6. The zero-order valence-corrected chi connectivity index (χ0v) is 11.1. The minimum Gasteiger partial charge on any atom is -0.469 e. The summed E-state index contributed by atoms with van der Waals surface area (Å²) in [6, 6.07) is 1.95. The molecule has 0 spiro atoms. The molecule has 2 heterocycles. The molecule has 0 saturated carbocycles. The number of nitrogens with zero attached hydrogens (tertiary/aromatic N) is 3. The van der Waals surface area contributed by atoms with Crippen LogP contribution in [0, 0.1) is 19.8 Å². The van der Waals surface area contributed by atoms with Crippen LogP contribution in [-0.2, 0) is 9.53 Å². The molecule has 1 unspecified atom stereocenters. The summed E-state index contributed by atoms with van der Waals surface area (Å²) in [6.45, 7) is 5.46. The van der Waals surface area contributed by atoms with E-state index in [1.54, 1.807) is 0 Å². The molecule has 0 N–H and O–H groups in total. The maximum absolute atomic E-state index is 11.6. The number of aromatic nitrogens is 2. The van der Waals surface area contributed by atoms with Crippen molar-refractivity contribution in [2.75, 3.05) is 25.1 Å². The molecule has 0 aliphatic carbocycles. The van der Waals surface area contributed by atoms with Gasteiger partial charge < -0.3 is 9.64 Å². The molecule has 98 valence electrons. The van der Waals surface area contributed by atoms with Gasteiger partial charge >= 0.3 is 5.97 Å². The van der Waals surface area contributed by atoms with E-state index in [0.717, 1.165) is 36.7 Å². The Balaban J connectivity index is 2.15. The quantitative estimate of drug-likeness (QED) is 0.743. The van der Waals surface area contributed by atoms with E-state index in [0.29, 0.717) is 6.54 Å². The van der Waals surface area contributed by atoms with Crippen LogP contribution in [0.3, 0.4) is 0 Å². The molecular formula is C13H19N3O2. The number of carbonyl (C=O) groups excluding carboxylic acids is 1. The molecule has 1 saturated heterocycles.